The number of ether oxygens (including phenoxy) is 3. The Morgan fingerprint density at radius 3 is 2.80 bits per heavy atom. The van der Waals surface area contributed by atoms with Gasteiger partial charge in [0.1, 0.15) is 5.82 Å². The molecule has 240 valence electrons. The van der Waals surface area contributed by atoms with Crippen LogP contribution < -0.4 is 30.7 Å². The fourth-order valence-electron chi connectivity index (χ4n) is 6.29. The molecule has 2 aliphatic heterocycles. The summed E-state index contributed by atoms with van der Waals surface area (Å²) in [4.78, 5) is 23.9. The minimum Gasteiger partial charge on any atom is -0.493 e. The van der Waals surface area contributed by atoms with Gasteiger partial charge in [-0.05, 0) is 48.7 Å². The number of aromatic nitrogens is 2. The number of nitrogens with zero attached hydrogens (tertiary/aromatic N) is 2. The van der Waals surface area contributed by atoms with Crippen LogP contribution in [0.2, 0.25) is 0 Å². The van der Waals surface area contributed by atoms with Crippen molar-refractivity contribution in [2.24, 2.45) is 0 Å². The van der Waals surface area contributed by atoms with E-state index in [0.29, 0.717) is 67.4 Å². The summed E-state index contributed by atoms with van der Waals surface area (Å²) in [6.45, 7) is 1.71. The lowest BCUT2D eigenvalue weighted by molar-refractivity contribution is -0.121. The molecule has 45 heavy (non-hydrogen) atoms. The summed E-state index contributed by atoms with van der Waals surface area (Å²) in [6, 6.07) is 10.6. The van der Waals surface area contributed by atoms with Gasteiger partial charge >= 0.3 is 6.03 Å². The Bertz CT molecular complexity index is 1550. The summed E-state index contributed by atoms with van der Waals surface area (Å²) in [6.07, 6.45) is 3.88. The Kier molecular flexibility index (Phi) is 9.64. The lowest BCUT2D eigenvalue weighted by Crippen LogP contribution is -2.36. The van der Waals surface area contributed by atoms with Gasteiger partial charge in [-0.15, -0.1) is 0 Å². The van der Waals surface area contributed by atoms with E-state index in [1.54, 1.807) is 26.4 Å². The van der Waals surface area contributed by atoms with E-state index in [1.165, 1.54) is 12.1 Å². The molecule has 3 amide bonds. The number of benzene rings is 2. The molecule has 1 aliphatic carbocycles. The Morgan fingerprint density at radius 1 is 1.13 bits per heavy atom. The van der Waals surface area contributed by atoms with Crippen molar-refractivity contribution in [1.29, 1.82) is 0 Å². The molecule has 3 atom stereocenters. The second kappa shape index (κ2) is 14.0. The Balaban J connectivity index is 0.983. The van der Waals surface area contributed by atoms with E-state index in [1.807, 2.05) is 28.6 Å². The highest BCUT2D eigenvalue weighted by molar-refractivity contribution is 8.00. The van der Waals surface area contributed by atoms with Crippen molar-refractivity contribution in [3.05, 3.63) is 53.3 Å². The maximum absolute atomic E-state index is 13.9. The predicted octanol–water partition coefficient (Wildman–Crippen LogP) is 4.21. The Labute approximate surface area is 265 Å². The molecule has 3 aliphatic rings. The average molecular weight is 639 g/mol. The molecule has 11 nitrogen and oxygen atoms in total. The summed E-state index contributed by atoms with van der Waals surface area (Å²) >= 11 is 1.89. The topological polar surface area (TPSA) is 128 Å². The van der Waals surface area contributed by atoms with E-state index in [4.69, 9.17) is 19.3 Å². The number of anilines is 2. The van der Waals surface area contributed by atoms with Gasteiger partial charge in [-0.25, -0.2) is 9.18 Å². The van der Waals surface area contributed by atoms with Crippen LogP contribution >= 0.6 is 11.8 Å². The van der Waals surface area contributed by atoms with Gasteiger partial charge in [0.05, 0.1) is 51.8 Å². The van der Waals surface area contributed by atoms with E-state index >= 15 is 0 Å². The van der Waals surface area contributed by atoms with Gasteiger partial charge in [0.2, 0.25) is 5.91 Å². The van der Waals surface area contributed by atoms with Gasteiger partial charge < -0.3 is 35.5 Å². The normalized spacial score (nSPS) is 19.4. The number of amides is 3. The number of thioether (sulfide) groups is 1. The molecule has 1 aromatic heterocycles. The van der Waals surface area contributed by atoms with Crippen molar-refractivity contribution in [2.75, 3.05) is 45.0 Å². The summed E-state index contributed by atoms with van der Waals surface area (Å²) in [5.41, 5.74) is 4.68. The van der Waals surface area contributed by atoms with Crippen LogP contribution in [0.1, 0.15) is 36.8 Å². The van der Waals surface area contributed by atoms with Crippen LogP contribution in [-0.2, 0) is 22.5 Å². The number of hydrogen-bond acceptors (Lipinski definition) is 8. The average Bonchev–Trinajstić information content (AvgIpc) is 3.77. The summed E-state index contributed by atoms with van der Waals surface area (Å²) < 4.78 is 32.7. The number of nitrogens with one attached hydrogen (secondary N) is 4. The SMILES string of the molecule is COc1cc2c(cc1OC)-c1c(c(Nc3cccc(F)c3)nn1CCOCCNC(=O)CCCCC1SCC3NC(=O)NC31)C2. The van der Waals surface area contributed by atoms with Gasteiger partial charge in [-0.3, -0.25) is 9.48 Å². The van der Waals surface area contributed by atoms with Crippen LogP contribution in [0, 0.1) is 5.82 Å². The highest BCUT2D eigenvalue weighted by Crippen LogP contribution is 2.45. The molecule has 0 radical (unpaired) electrons. The molecule has 2 saturated heterocycles. The van der Waals surface area contributed by atoms with Crippen molar-refractivity contribution >= 4 is 35.2 Å². The maximum Gasteiger partial charge on any atom is 0.315 e. The Morgan fingerprint density at radius 2 is 1.98 bits per heavy atom. The standard InChI is InChI=1S/C32H39FN6O5S/c1-42-25-15-19-14-23-30(22(19)17-26(25)43-2)39(38-31(23)35-21-7-5-6-20(33)16-21)11-13-44-12-10-34-28(40)9-4-3-8-27-29-24(18-45-27)36-32(41)37-29/h5-7,15-17,24,27,29H,3-4,8-14,18H2,1-2H3,(H,34,40)(H,35,38)(H2,36,37,41). The van der Waals surface area contributed by atoms with Crippen molar-refractivity contribution in [3.63, 3.8) is 0 Å². The predicted molar refractivity (Wildman–Crippen MR) is 171 cm³/mol. The number of rotatable bonds is 15. The van der Waals surface area contributed by atoms with Crippen LogP contribution in [0.4, 0.5) is 20.7 Å². The third kappa shape index (κ3) is 6.99. The van der Waals surface area contributed by atoms with E-state index < -0.39 is 0 Å². The minimum absolute atomic E-state index is 0.0188. The van der Waals surface area contributed by atoms with Crippen LogP contribution in [-0.4, -0.2) is 78.8 Å². The number of halogens is 1. The van der Waals surface area contributed by atoms with Crippen molar-refractivity contribution in [1.82, 2.24) is 25.7 Å². The van der Waals surface area contributed by atoms with Crippen molar-refractivity contribution in [2.45, 2.75) is 56.0 Å². The molecule has 2 aromatic carbocycles. The molecule has 6 rings (SSSR count). The van der Waals surface area contributed by atoms with Crippen molar-refractivity contribution < 1.29 is 28.2 Å². The van der Waals surface area contributed by atoms with Gasteiger partial charge in [-0.1, -0.05) is 12.5 Å². The van der Waals surface area contributed by atoms with Crippen LogP contribution in [0.25, 0.3) is 11.3 Å². The molecule has 0 bridgehead atoms. The van der Waals surface area contributed by atoms with Crippen LogP contribution in [0.3, 0.4) is 0 Å². The highest BCUT2D eigenvalue weighted by atomic mass is 32.2. The molecule has 3 unspecified atom stereocenters. The second-order valence-corrected chi connectivity index (χ2v) is 12.7. The van der Waals surface area contributed by atoms with Gasteiger partial charge in [0, 0.05) is 47.2 Å². The number of carbonyl (C=O) groups excluding carboxylic acids is 2. The number of methoxy groups -OCH3 is 2. The molecule has 13 heteroatoms. The monoisotopic (exact) mass is 638 g/mol. The van der Waals surface area contributed by atoms with Gasteiger partial charge in [0.15, 0.2) is 17.3 Å². The lowest BCUT2D eigenvalue weighted by atomic mass is 10.0. The first-order chi connectivity index (χ1) is 21.9. The molecule has 3 heterocycles. The quantitative estimate of drug-likeness (QED) is 0.113. The first-order valence-electron chi connectivity index (χ1n) is 15.3. The fourth-order valence-corrected chi connectivity index (χ4v) is 7.83. The number of urea groups is 1. The van der Waals surface area contributed by atoms with E-state index in [2.05, 4.69) is 21.3 Å². The van der Waals surface area contributed by atoms with Crippen LogP contribution in [0.5, 0.6) is 11.5 Å². The molecule has 2 fully saturated rings. The molecule has 4 N–H and O–H groups in total. The summed E-state index contributed by atoms with van der Waals surface area (Å²) in [7, 11) is 3.23. The number of fused-ring (bicyclic) bond motifs is 4. The zero-order chi connectivity index (χ0) is 31.3. The minimum atomic E-state index is -0.325. The first kappa shape index (κ1) is 31.0. The number of hydrogen-bond donors (Lipinski definition) is 4. The Hall–Kier alpha value is -3.97. The largest absolute Gasteiger partial charge is 0.493 e. The number of carbonyl (C=O) groups is 2. The second-order valence-electron chi connectivity index (χ2n) is 11.4. The zero-order valence-corrected chi connectivity index (χ0v) is 26.3. The molecule has 3 aromatic rings. The third-order valence-electron chi connectivity index (χ3n) is 8.47. The number of unbranched alkanes of at least 4 members (excludes halogenated alkanes) is 1. The van der Waals surface area contributed by atoms with Crippen LogP contribution in [0.15, 0.2) is 36.4 Å². The summed E-state index contributed by atoms with van der Waals surface area (Å²) in [5.74, 6) is 2.59. The van der Waals surface area contributed by atoms with E-state index in [9.17, 15) is 14.0 Å². The molecule has 0 spiro atoms. The first-order valence-corrected chi connectivity index (χ1v) is 16.4. The van der Waals surface area contributed by atoms with Gasteiger partial charge in [0.25, 0.3) is 0 Å². The molecule has 0 saturated carbocycles. The lowest BCUT2D eigenvalue weighted by Gasteiger charge is -2.16. The smallest absolute Gasteiger partial charge is 0.315 e. The van der Waals surface area contributed by atoms with E-state index in [-0.39, 0.29) is 29.8 Å². The van der Waals surface area contributed by atoms with Gasteiger partial charge in [-0.2, -0.15) is 16.9 Å². The highest BCUT2D eigenvalue weighted by Gasteiger charge is 2.42. The fraction of sp³-hybridized carbons (Fsp3) is 0.469. The summed E-state index contributed by atoms with van der Waals surface area (Å²) in [5, 5.41) is 17.4. The molecular formula is C32H39FN6O5S. The van der Waals surface area contributed by atoms with E-state index in [0.717, 1.165) is 47.4 Å². The zero-order valence-electron chi connectivity index (χ0n) is 25.5. The van der Waals surface area contributed by atoms with Crippen molar-refractivity contribution in [3.8, 4) is 22.8 Å². The maximum atomic E-state index is 13.9. The molecular weight excluding hydrogens is 599 g/mol. The third-order valence-corrected chi connectivity index (χ3v) is 9.97.